The lowest BCUT2D eigenvalue weighted by molar-refractivity contribution is -0.132. The first-order chi connectivity index (χ1) is 13.4. The van der Waals surface area contributed by atoms with Crippen LogP contribution in [0.2, 0.25) is 0 Å². The summed E-state index contributed by atoms with van der Waals surface area (Å²) in [5, 5.41) is 6.40. The van der Waals surface area contributed by atoms with Gasteiger partial charge in [-0.2, -0.15) is 0 Å². The van der Waals surface area contributed by atoms with Crippen LogP contribution in [-0.4, -0.2) is 53.3 Å². The molecule has 0 bridgehead atoms. The Morgan fingerprint density at radius 2 is 1.38 bits per heavy atom. The molecule has 0 spiro atoms. The Morgan fingerprint density at radius 3 is 1.79 bits per heavy atom. The Labute approximate surface area is 171 Å². The zero-order valence-electron chi connectivity index (χ0n) is 17.9. The summed E-state index contributed by atoms with van der Waals surface area (Å²) in [5.41, 5.74) is -0.648. The van der Waals surface area contributed by atoms with Gasteiger partial charge in [-0.25, -0.2) is 9.59 Å². The van der Waals surface area contributed by atoms with Gasteiger partial charge in [-0.05, 0) is 47.1 Å². The van der Waals surface area contributed by atoms with Crippen LogP contribution in [0.1, 0.15) is 53.1 Å². The summed E-state index contributed by atoms with van der Waals surface area (Å²) in [5.74, 6) is -0.715. The van der Waals surface area contributed by atoms with E-state index in [1.54, 1.807) is 41.5 Å². The van der Waals surface area contributed by atoms with E-state index >= 15 is 0 Å². The van der Waals surface area contributed by atoms with Gasteiger partial charge in [0.05, 0.1) is 0 Å². The van der Waals surface area contributed by atoms with Crippen LogP contribution in [0, 0.1) is 0 Å². The minimum Gasteiger partial charge on any atom is -0.443 e. The number of nitrogens with zero attached hydrogens (tertiary/aromatic N) is 1. The summed E-state index contributed by atoms with van der Waals surface area (Å²) < 4.78 is 10.5. The smallest absolute Gasteiger partial charge is 0.426 e. The molecule has 2 N–H and O–H groups in total. The van der Waals surface area contributed by atoms with Gasteiger partial charge in [-0.15, -0.1) is 4.90 Å². The average molecular weight is 405 g/mol. The third kappa shape index (κ3) is 6.83. The largest absolute Gasteiger partial charge is 0.443 e. The van der Waals surface area contributed by atoms with Gasteiger partial charge in [0, 0.05) is 19.1 Å². The number of amides is 3. The van der Waals surface area contributed by atoms with Crippen LogP contribution in [0.4, 0.5) is 9.59 Å². The van der Waals surface area contributed by atoms with E-state index in [0.29, 0.717) is 11.4 Å². The normalized spacial score (nSPS) is 19.9. The molecule has 0 aliphatic carbocycles. The van der Waals surface area contributed by atoms with Crippen molar-refractivity contribution in [2.24, 2.45) is 0 Å². The number of hydrogen-bond acceptors (Lipinski definition) is 7. The van der Waals surface area contributed by atoms with E-state index in [0.717, 1.165) is 5.56 Å². The zero-order valence-corrected chi connectivity index (χ0v) is 17.9. The molecule has 3 amide bonds. The van der Waals surface area contributed by atoms with Crippen molar-refractivity contribution in [2.75, 3.05) is 13.1 Å². The van der Waals surface area contributed by atoms with Crippen molar-refractivity contribution < 1.29 is 23.9 Å². The minimum atomic E-state index is -1.05. The molecule has 1 fully saturated rings. The Morgan fingerprint density at radius 1 is 0.862 bits per heavy atom. The first kappa shape index (κ1) is 22.8. The molecule has 160 valence electrons. The lowest BCUT2D eigenvalue weighted by Gasteiger charge is -2.33. The Hall–Kier alpha value is -2.45. The van der Waals surface area contributed by atoms with Crippen molar-refractivity contribution in [1.82, 2.24) is 15.5 Å². The van der Waals surface area contributed by atoms with Crippen LogP contribution in [0.5, 0.6) is 0 Å². The molecule has 1 aliphatic rings. The van der Waals surface area contributed by atoms with Crippen molar-refractivity contribution in [3.8, 4) is 0 Å². The molecular weight excluding hydrogens is 374 g/mol. The number of rotatable bonds is 2. The van der Waals surface area contributed by atoms with Crippen molar-refractivity contribution in [1.29, 1.82) is 0 Å². The van der Waals surface area contributed by atoms with E-state index in [1.165, 1.54) is 0 Å². The average Bonchev–Trinajstić information content (AvgIpc) is 2.59. The quantitative estimate of drug-likeness (QED) is 0.781. The molecule has 2 unspecified atom stereocenters. The van der Waals surface area contributed by atoms with Crippen molar-refractivity contribution in [2.45, 2.75) is 64.8 Å². The van der Waals surface area contributed by atoms with E-state index in [1.807, 2.05) is 30.3 Å². The van der Waals surface area contributed by atoms with Crippen LogP contribution in [-0.2, 0) is 14.3 Å². The summed E-state index contributed by atoms with van der Waals surface area (Å²) in [6.45, 7) is 10.7. The van der Waals surface area contributed by atoms with Gasteiger partial charge in [-0.3, -0.25) is 4.79 Å². The number of nitrogens with one attached hydrogen (secondary N) is 2. The highest BCUT2D eigenvalue weighted by Crippen LogP contribution is 2.18. The number of hydrogen-bond donors (Lipinski definition) is 2. The summed E-state index contributed by atoms with van der Waals surface area (Å²) in [7, 11) is 0. The molecule has 1 heterocycles. The van der Waals surface area contributed by atoms with E-state index < -0.39 is 35.3 Å². The number of ether oxygens (including phenoxy) is 2. The Bertz CT molecular complexity index is 701. The van der Waals surface area contributed by atoms with Crippen LogP contribution < -0.4 is 10.6 Å². The predicted octanol–water partition coefficient (Wildman–Crippen LogP) is 2.99. The lowest BCUT2D eigenvalue weighted by atomic mass is 10.0. The summed E-state index contributed by atoms with van der Waals surface area (Å²) in [6, 6.07) is 9.07. The zero-order chi connectivity index (χ0) is 21.8. The maximum Gasteiger partial charge on any atom is 0.426 e. The van der Waals surface area contributed by atoms with Gasteiger partial charge in [0.25, 0.3) is 5.91 Å². The van der Waals surface area contributed by atoms with Gasteiger partial charge in [0.15, 0.2) is 0 Å². The second-order valence-electron chi connectivity index (χ2n) is 8.97. The molecule has 8 heteroatoms. The van der Waals surface area contributed by atoms with Gasteiger partial charge in [-0.1, -0.05) is 30.3 Å². The van der Waals surface area contributed by atoms with E-state index in [9.17, 15) is 14.4 Å². The SMILES string of the molecule is CC(C)(C)OC(=O)N(C(=O)OC(C)(C)C)C(=O)C1CNC(c2ccccc2)CN1. The number of carbonyl (C=O) groups excluding carboxylic acids is 3. The summed E-state index contributed by atoms with van der Waals surface area (Å²) >= 11 is 0. The number of piperazine rings is 1. The molecule has 29 heavy (non-hydrogen) atoms. The lowest BCUT2D eigenvalue weighted by Crippen LogP contribution is -2.60. The van der Waals surface area contributed by atoms with Gasteiger partial charge in [0.1, 0.15) is 17.2 Å². The predicted molar refractivity (Wildman–Crippen MR) is 108 cm³/mol. The summed E-state index contributed by atoms with van der Waals surface area (Å²) in [6.07, 6.45) is -2.10. The highest BCUT2D eigenvalue weighted by molar-refractivity contribution is 6.08. The molecule has 8 nitrogen and oxygen atoms in total. The molecule has 1 aromatic carbocycles. The second kappa shape index (κ2) is 8.92. The van der Waals surface area contributed by atoms with Crippen LogP contribution in [0.25, 0.3) is 0 Å². The third-order valence-electron chi connectivity index (χ3n) is 4.01. The maximum atomic E-state index is 13.0. The van der Waals surface area contributed by atoms with E-state index in [4.69, 9.17) is 9.47 Å². The van der Waals surface area contributed by atoms with E-state index in [2.05, 4.69) is 10.6 Å². The van der Waals surface area contributed by atoms with Gasteiger partial charge >= 0.3 is 12.2 Å². The standard InChI is InChI=1S/C21H31N3O5/c1-20(2,3)28-18(26)24(19(27)29-21(4,5)6)17(25)16-13-22-15(12-23-16)14-10-8-7-9-11-14/h7-11,15-16,22-23H,12-13H2,1-6H3. The van der Waals surface area contributed by atoms with Crippen molar-refractivity contribution in [3.05, 3.63) is 35.9 Å². The molecule has 2 atom stereocenters. The first-order valence-electron chi connectivity index (χ1n) is 9.69. The molecule has 0 aromatic heterocycles. The number of carbonyl (C=O) groups is 3. The fourth-order valence-corrected chi connectivity index (χ4v) is 2.79. The highest BCUT2D eigenvalue weighted by atomic mass is 16.6. The minimum absolute atomic E-state index is 0.0248. The fourth-order valence-electron chi connectivity index (χ4n) is 2.79. The number of benzene rings is 1. The highest BCUT2D eigenvalue weighted by Gasteiger charge is 2.40. The molecule has 1 saturated heterocycles. The van der Waals surface area contributed by atoms with Crippen molar-refractivity contribution in [3.63, 3.8) is 0 Å². The summed E-state index contributed by atoms with van der Waals surface area (Å²) in [4.78, 5) is 38.6. The fraction of sp³-hybridized carbons (Fsp3) is 0.571. The Balaban J connectivity index is 2.12. The van der Waals surface area contributed by atoms with Gasteiger partial charge < -0.3 is 20.1 Å². The van der Waals surface area contributed by atoms with Crippen LogP contribution in [0.15, 0.2) is 30.3 Å². The van der Waals surface area contributed by atoms with Gasteiger partial charge in [0.2, 0.25) is 0 Å². The molecule has 1 aliphatic heterocycles. The molecular formula is C21H31N3O5. The van der Waals surface area contributed by atoms with Crippen LogP contribution >= 0.6 is 0 Å². The molecule has 1 aromatic rings. The Kier molecular flexibility index (Phi) is 7.02. The number of imide groups is 3. The maximum absolute atomic E-state index is 13.0. The monoisotopic (exact) mass is 405 g/mol. The van der Waals surface area contributed by atoms with Crippen LogP contribution in [0.3, 0.4) is 0 Å². The second-order valence-corrected chi connectivity index (χ2v) is 8.97. The molecule has 2 rings (SSSR count). The van der Waals surface area contributed by atoms with E-state index in [-0.39, 0.29) is 12.6 Å². The topological polar surface area (TPSA) is 97.0 Å². The third-order valence-corrected chi connectivity index (χ3v) is 4.01. The first-order valence-corrected chi connectivity index (χ1v) is 9.69. The molecule has 0 radical (unpaired) electrons. The van der Waals surface area contributed by atoms with Crippen molar-refractivity contribution >= 4 is 18.1 Å². The molecule has 0 saturated carbocycles.